The van der Waals surface area contributed by atoms with Crippen LogP contribution in [0.2, 0.25) is 0 Å². The largest absolute Gasteiger partial charge is 0.0651 e. The SMILES string of the molecule is CCCc1cc2cc3cc4cc(CCC)c(CCC)cc4cc3cc2cc1CCC. The molecule has 4 aromatic rings. The third-order valence-corrected chi connectivity index (χ3v) is 6.47. The van der Waals surface area contributed by atoms with Gasteiger partial charge in [0, 0.05) is 0 Å². The minimum Gasteiger partial charge on any atom is -0.0651 e. The fourth-order valence-electron chi connectivity index (χ4n) is 5.05. The topological polar surface area (TPSA) is 0 Å². The smallest absolute Gasteiger partial charge is 0.0171 e. The van der Waals surface area contributed by atoms with Crippen molar-refractivity contribution in [3.8, 4) is 0 Å². The van der Waals surface area contributed by atoms with E-state index in [9.17, 15) is 0 Å². The van der Waals surface area contributed by atoms with Crippen molar-refractivity contribution in [2.24, 2.45) is 0 Å². The molecule has 0 fully saturated rings. The molecule has 0 radical (unpaired) electrons. The van der Waals surface area contributed by atoms with Crippen LogP contribution in [-0.4, -0.2) is 0 Å². The van der Waals surface area contributed by atoms with Crippen LogP contribution in [0.5, 0.6) is 0 Å². The zero-order valence-corrected chi connectivity index (χ0v) is 19.3. The Balaban J connectivity index is 1.91. The van der Waals surface area contributed by atoms with E-state index in [4.69, 9.17) is 0 Å². The first-order valence-corrected chi connectivity index (χ1v) is 12.1. The fraction of sp³-hybridized carbons (Fsp3) is 0.400. The summed E-state index contributed by atoms with van der Waals surface area (Å²) in [5, 5.41) is 8.30. The van der Waals surface area contributed by atoms with Gasteiger partial charge in [0.1, 0.15) is 0 Å². The minimum absolute atomic E-state index is 1.18. The van der Waals surface area contributed by atoms with Crippen LogP contribution in [0.4, 0.5) is 0 Å². The molecule has 0 heterocycles. The summed E-state index contributed by atoms with van der Waals surface area (Å²) < 4.78 is 0. The molecule has 0 saturated heterocycles. The highest BCUT2D eigenvalue weighted by molar-refractivity contribution is 6.05. The van der Waals surface area contributed by atoms with Crippen molar-refractivity contribution in [3.05, 3.63) is 70.8 Å². The van der Waals surface area contributed by atoms with E-state index < -0.39 is 0 Å². The lowest BCUT2D eigenvalue weighted by atomic mass is 9.91. The maximum absolute atomic E-state index is 2.46. The van der Waals surface area contributed by atoms with Gasteiger partial charge < -0.3 is 0 Å². The number of aryl methyl sites for hydroxylation is 4. The lowest BCUT2D eigenvalue weighted by Gasteiger charge is -2.14. The molecular formula is C30H36. The average Bonchev–Trinajstić information content (AvgIpc) is 2.73. The van der Waals surface area contributed by atoms with Gasteiger partial charge >= 0.3 is 0 Å². The highest BCUT2D eigenvalue weighted by Crippen LogP contribution is 2.32. The van der Waals surface area contributed by atoms with E-state index >= 15 is 0 Å². The highest BCUT2D eigenvalue weighted by atomic mass is 14.1. The van der Waals surface area contributed by atoms with Gasteiger partial charge in [-0.1, -0.05) is 77.6 Å². The molecule has 0 amide bonds. The second-order valence-corrected chi connectivity index (χ2v) is 8.99. The summed E-state index contributed by atoms with van der Waals surface area (Å²) in [4.78, 5) is 0. The predicted molar refractivity (Wildman–Crippen MR) is 135 cm³/mol. The van der Waals surface area contributed by atoms with E-state index in [2.05, 4.69) is 76.2 Å². The lowest BCUT2D eigenvalue weighted by molar-refractivity contribution is 0.864. The zero-order valence-electron chi connectivity index (χ0n) is 19.3. The molecule has 156 valence electrons. The molecule has 0 N–H and O–H groups in total. The number of benzene rings is 4. The Bertz CT molecular complexity index is 995. The van der Waals surface area contributed by atoms with Gasteiger partial charge in [-0.25, -0.2) is 0 Å². The van der Waals surface area contributed by atoms with E-state index in [0.29, 0.717) is 0 Å². The average molecular weight is 397 g/mol. The zero-order chi connectivity index (χ0) is 21.1. The number of rotatable bonds is 8. The van der Waals surface area contributed by atoms with Crippen LogP contribution in [0.1, 0.15) is 75.6 Å². The van der Waals surface area contributed by atoms with Gasteiger partial charge in [-0.05, 0) is 105 Å². The van der Waals surface area contributed by atoms with E-state index in [1.165, 1.54) is 83.7 Å². The molecule has 0 heteroatoms. The Morgan fingerprint density at radius 1 is 0.333 bits per heavy atom. The lowest BCUT2D eigenvalue weighted by Crippen LogP contribution is -1.95. The third-order valence-electron chi connectivity index (χ3n) is 6.47. The Hall–Kier alpha value is -2.34. The summed E-state index contributed by atoms with van der Waals surface area (Å²) in [7, 11) is 0. The minimum atomic E-state index is 1.18. The standard InChI is InChI=1S/C30H36/c1-5-9-21-13-25-17-29-19-27-15-23(11-7-3)24(12-8-4)16-28(27)20-30(29)18-26(25)14-22(21)10-6-2/h13-20H,5-12H2,1-4H3. The van der Waals surface area contributed by atoms with Crippen molar-refractivity contribution in [3.63, 3.8) is 0 Å². The van der Waals surface area contributed by atoms with Gasteiger partial charge in [0.15, 0.2) is 0 Å². The molecule has 0 aliphatic carbocycles. The number of fused-ring (bicyclic) bond motifs is 3. The molecule has 0 aliphatic rings. The van der Waals surface area contributed by atoms with Crippen molar-refractivity contribution in [2.45, 2.75) is 79.1 Å². The van der Waals surface area contributed by atoms with Crippen molar-refractivity contribution in [1.82, 2.24) is 0 Å². The maximum Gasteiger partial charge on any atom is -0.0171 e. The van der Waals surface area contributed by atoms with Crippen molar-refractivity contribution < 1.29 is 0 Å². The summed E-state index contributed by atoms with van der Waals surface area (Å²) in [5.74, 6) is 0. The van der Waals surface area contributed by atoms with Crippen LogP contribution in [0.3, 0.4) is 0 Å². The van der Waals surface area contributed by atoms with Gasteiger partial charge in [0.25, 0.3) is 0 Å². The van der Waals surface area contributed by atoms with Crippen LogP contribution in [0.25, 0.3) is 32.3 Å². The Morgan fingerprint density at radius 2 is 0.533 bits per heavy atom. The maximum atomic E-state index is 2.46. The third kappa shape index (κ3) is 4.10. The molecule has 30 heavy (non-hydrogen) atoms. The van der Waals surface area contributed by atoms with Crippen molar-refractivity contribution >= 4 is 32.3 Å². The normalized spacial score (nSPS) is 11.7. The molecule has 4 rings (SSSR count). The summed E-state index contributed by atoms with van der Waals surface area (Å²) in [6.07, 6.45) is 9.56. The van der Waals surface area contributed by atoms with E-state index in [0.717, 1.165) is 0 Å². The molecule has 0 unspecified atom stereocenters. The molecular weight excluding hydrogens is 360 g/mol. The monoisotopic (exact) mass is 396 g/mol. The Kier molecular flexibility index (Phi) is 6.42. The molecule has 0 aliphatic heterocycles. The molecule has 0 nitrogen and oxygen atoms in total. The van der Waals surface area contributed by atoms with Gasteiger partial charge in [-0.2, -0.15) is 0 Å². The van der Waals surface area contributed by atoms with E-state index in [1.807, 2.05) is 0 Å². The van der Waals surface area contributed by atoms with Crippen molar-refractivity contribution in [2.75, 3.05) is 0 Å². The molecule has 0 atom stereocenters. The Morgan fingerprint density at radius 3 is 0.733 bits per heavy atom. The summed E-state index contributed by atoms with van der Waals surface area (Å²) in [6, 6.07) is 19.5. The van der Waals surface area contributed by atoms with Gasteiger partial charge in [0.05, 0.1) is 0 Å². The van der Waals surface area contributed by atoms with E-state index in [-0.39, 0.29) is 0 Å². The summed E-state index contributed by atoms with van der Waals surface area (Å²) in [6.45, 7) is 9.14. The first kappa shape index (κ1) is 20.9. The quantitative estimate of drug-likeness (QED) is 0.261. The number of hydrogen-bond donors (Lipinski definition) is 0. The van der Waals surface area contributed by atoms with E-state index in [1.54, 1.807) is 22.3 Å². The van der Waals surface area contributed by atoms with Gasteiger partial charge in [0.2, 0.25) is 0 Å². The second kappa shape index (κ2) is 9.21. The Labute approximate surface area is 182 Å². The van der Waals surface area contributed by atoms with Crippen LogP contribution in [-0.2, 0) is 25.7 Å². The van der Waals surface area contributed by atoms with Crippen LogP contribution in [0, 0.1) is 0 Å². The van der Waals surface area contributed by atoms with Gasteiger partial charge in [-0.3, -0.25) is 0 Å². The van der Waals surface area contributed by atoms with Crippen LogP contribution in [0.15, 0.2) is 48.5 Å². The second-order valence-electron chi connectivity index (χ2n) is 8.99. The van der Waals surface area contributed by atoms with Crippen molar-refractivity contribution in [1.29, 1.82) is 0 Å². The highest BCUT2D eigenvalue weighted by Gasteiger charge is 2.09. The molecule has 0 aromatic heterocycles. The molecule has 0 saturated carbocycles. The summed E-state index contributed by atoms with van der Waals surface area (Å²) >= 11 is 0. The molecule has 4 aromatic carbocycles. The first-order valence-electron chi connectivity index (χ1n) is 12.1. The fourth-order valence-corrected chi connectivity index (χ4v) is 5.05. The predicted octanol–water partition coefficient (Wildman–Crippen LogP) is 8.96. The molecule has 0 bridgehead atoms. The first-order chi connectivity index (χ1) is 14.7. The molecule has 0 spiro atoms. The van der Waals surface area contributed by atoms with Gasteiger partial charge in [-0.15, -0.1) is 0 Å². The van der Waals surface area contributed by atoms with Crippen LogP contribution >= 0.6 is 0 Å². The number of hydrogen-bond acceptors (Lipinski definition) is 0. The van der Waals surface area contributed by atoms with Crippen LogP contribution < -0.4 is 0 Å². The summed E-state index contributed by atoms with van der Waals surface area (Å²) in [5.41, 5.74) is 6.17.